The van der Waals surface area contributed by atoms with Crippen LogP contribution in [-0.2, 0) is 14.7 Å². The van der Waals surface area contributed by atoms with Crippen LogP contribution in [0.3, 0.4) is 0 Å². The van der Waals surface area contributed by atoms with Crippen molar-refractivity contribution >= 4 is 17.7 Å². The molecule has 0 saturated carbocycles. The molecular formula is C7H17N2O6PS. The average Bonchev–Trinajstić information content (AvgIpc) is 2.15. The Kier molecular flexibility index (Phi) is 5.08. The molecule has 1 heterocycles. The first-order valence-corrected chi connectivity index (χ1v) is 8.35. The van der Waals surface area contributed by atoms with E-state index in [0.29, 0.717) is 6.54 Å². The van der Waals surface area contributed by atoms with Crippen molar-refractivity contribution in [1.82, 2.24) is 10.6 Å². The fourth-order valence-corrected chi connectivity index (χ4v) is 3.73. The molecular weight excluding hydrogens is 271 g/mol. The molecule has 0 bridgehead atoms. The van der Waals surface area contributed by atoms with E-state index in [2.05, 4.69) is 10.6 Å². The van der Waals surface area contributed by atoms with Crippen LogP contribution >= 0.6 is 7.60 Å². The van der Waals surface area contributed by atoms with Gasteiger partial charge in [-0.05, 0) is 19.4 Å². The number of hydrogen-bond donors (Lipinski definition) is 5. The quantitative estimate of drug-likeness (QED) is 0.312. The predicted octanol–water partition coefficient (Wildman–Crippen LogP) is -1.28. The summed E-state index contributed by atoms with van der Waals surface area (Å²) < 4.78 is 41.4. The Morgan fingerprint density at radius 3 is 2.53 bits per heavy atom. The van der Waals surface area contributed by atoms with E-state index in [1.165, 1.54) is 0 Å². The summed E-state index contributed by atoms with van der Waals surface area (Å²) in [6.07, 6.45) is 1.70. The van der Waals surface area contributed by atoms with Gasteiger partial charge in [-0.15, -0.1) is 0 Å². The Hall–Kier alpha value is -0.0200. The molecule has 17 heavy (non-hydrogen) atoms. The van der Waals surface area contributed by atoms with Gasteiger partial charge in [0.1, 0.15) is 0 Å². The van der Waals surface area contributed by atoms with Crippen molar-refractivity contribution in [2.24, 2.45) is 0 Å². The number of rotatable bonds is 5. The highest BCUT2D eigenvalue weighted by atomic mass is 32.2. The highest BCUT2D eigenvalue weighted by Gasteiger charge is 2.39. The second-order valence-corrected chi connectivity index (χ2v) is 7.76. The number of hydrogen-bond acceptors (Lipinski definition) is 5. The van der Waals surface area contributed by atoms with Gasteiger partial charge in [-0.3, -0.25) is 9.12 Å². The Morgan fingerprint density at radius 1 is 1.47 bits per heavy atom. The molecule has 0 aromatic rings. The van der Waals surface area contributed by atoms with Gasteiger partial charge in [-0.1, -0.05) is 0 Å². The van der Waals surface area contributed by atoms with Crippen LogP contribution < -0.4 is 10.6 Å². The van der Waals surface area contributed by atoms with Gasteiger partial charge in [0.2, 0.25) is 0 Å². The fraction of sp³-hybridized carbons (Fsp3) is 1.00. The molecule has 2 unspecified atom stereocenters. The van der Waals surface area contributed by atoms with Crippen LogP contribution in [0, 0.1) is 0 Å². The third-order valence-corrected chi connectivity index (χ3v) is 6.01. The van der Waals surface area contributed by atoms with E-state index in [-0.39, 0.29) is 6.04 Å². The molecule has 0 aromatic heterocycles. The zero-order valence-corrected chi connectivity index (χ0v) is 10.8. The lowest BCUT2D eigenvalue weighted by molar-refractivity contribution is 0.351. The second-order valence-electron chi connectivity index (χ2n) is 4.01. The summed E-state index contributed by atoms with van der Waals surface area (Å²) in [6.45, 7) is 1.02. The maximum Gasteiger partial charge on any atom is 0.347 e. The lowest BCUT2D eigenvalue weighted by atomic mass is 10.1. The van der Waals surface area contributed by atoms with Crippen molar-refractivity contribution in [1.29, 1.82) is 0 Å². The highest BCUT2D eigenvalue weighted by molar-refractivity contribution is 7.93. The van der Waals surface area contributed by atoms with E-state index in [4.69, 9.17) is 14.3 Å². The number of nitrogens with one attached hydrogen (secondary N) is 2. The van der Waals surface area contributed by atoms with E-state index in [0.717, 1.165) is 19.4 Å². The molecule has 1 aliphatic rings. The Morgan fingerprint density at radius 2 is 2.12 bits per heavy atom. The van der Waals surface area contributed by atoms with Crippen molar-refractivity contribution in [3.63, 3.8) is 0 Å². The van der Waals surface area contributed by atoms with Gasteiger partial charge in [-0.25, -0.2) is 0 Å². The molecule has 10 heteroatoms. The summed E-state index contributed by atoms with van der Waals surface area (Å²) in [4.78, 5) is 15.6. The lowest BCUT2D eigenvalue weighted by Crippen LogP contribution is -2.46. The van der Waals surface area contributed by atoms with E-state index in [1.807, 2.05) is 0 Å². The molecule has 5 N–H and O–H groups in total. The summed E-state index contributed by atoms with van der Waals surface area (Å²) >= 11 is 0. The lowest BCUT2D eigenvalue weighted by Gasteiger charge is -2.25. The Balaban J connectivity index is 2.59. The average molecular weight is 288 g/mol. The van der Waals surface area contributed by atoms with Crippen LogP contribution in [0.15, 0.2) is 0 Å². The largest absolute Gasteiger partial charge is 0.347 e. The smallest absolute Gasteiger partial charge is 0.323 e. The van der Waals surface area contributed by atoms with Crippen molar-refractivity contribution < 1.29 is 27.3 Å². The van der Waals surface area contributed by atoms with Crippen LogP contribution in [0.1, 0.15) is 12.8 Å². The minimum atomic E-state index is -4.89. The first kappa shape index (κ1) is 15.0. The zero-order valence-electron chi connectivity index (χ0n) is 9.11. The van der Waals surface area contributed by atoms with Gasteiger partial charge in [-0.2, -0.15) is 8.42 Å². The molecule has 0 amide bonds. The Bertz CT molecular complexity index is 387. The molecule has 1 aliphatic heterocycles. The summed E-state index contributed by atoms with van der Waals surface area (Å²) in [6, 6.07) is -0.0421. The minimum Gasteiger partial charge on any atom is -0.323 e. The van der Waals surface area contributed by atoms with Gasteiger partial charge in [0, 0.05) is 19.1 Å². The second kappa shape index (κ2) is 5.75. The standard InChI is InChI=1S/C7H17N2O6PS/c10-16(11,12)7(17(13,14)15)5-9-6-2-1-3-8-4-6/h6-9H,1-5H2,(H2,10,11,12)(H,13,14,15). The molecule has 0 spiro atoms. The molecule has 0 aliphatic carbocycles. The maximum atomic E-state index is 11.0. The van der Waals surface area contributed by atoms with Crippen LogP contribution in [0.2, 0.25) is 0 Å². The minimum absolute atomic E-state index is 0.0421. The molecule has 1 rings (SSSR count). The predicted molar refractivity (Wildman–Crippen MR) is 61.3 cm³/mol. The monoisotopic (exact) mass is 288 g/mol. The van der Waals surface area contributed by atoms with Crippen molar-refractivity contribution in [2.75, 3.05) is 19.6 Å². The molecule has 0 aromatic carbocycles. The van der Waals surface area contributed by atoms with E-state index < -0.39 is 29.2 Å². The van der Waals surface area contributed by atoms with E-state index in [1.54, 1.807) is 0 Å². The van der Waals surface area contributed by atoms with Crippen molar-refractivity contribution in [2.45, 2.75) is 23.9 Å². The van der Waals surface area contributed by atoms with Gasteiger partial charge in [0.15, 0.2) is 4.99 Å². The van der Waals surface area contributed by atoms with E-state index >= 15 is 0 Å². The van der Waals surface area contributed by atoms with Crippen LogP contribution in [0.25, 0.3) is 0 Å². The summed E-state index contributed by atoms with van der Waals surface area (Å²) in [5.74, 6) is 0. The van der Waals surface area contributed by atoms with Crippen LogP contribution in [0.4, 0.5) is 0 Å². The molecule has 0 radical (unpaired) electrons. The normalized spacial score (nSPS) is 24.5. The molecule has 8 nitrogen and oxygen atoms in total. The zero-order chi connectivity index (χ0) is 13.1. The van der Waals surface area contributed by atoms with Gasteiger partial charge in [0.25, 0.3) is 10.1 Å². The molecule has 1 saturated heterocycles. The maximum absolute atomic E-state index is 11.0. The summed E-state index contributed by atoms with van der Waals surface area (Å²) in [5, 5.41) is 5.81. The van der Waals surface area contributed by atoms with Crippen molar-refractivity contribution in [3.8, 4) is 0 Å². The number of piperidine rings is 1. The van der Waals surface area contributed by atoms with E-state index in [9.17, 15) is 13.0 Å². The third-order valence-electron chi connectivity index (χ3n) is 2.60. The Labute approximate surface area is 99.7 Å². The molecule has 102 valence electrons. The van der Waals surface area contributed by atoms with Gasteiger partial charge < -0.3 is 20.4 Å². The topological polar surface area (TPSA) is 136 Å². The summed E-state index contributed by atoms with van der Waals surface area (Å²) in [5.41, 5.74) is 0. The first-order valence-electron chi connectivity index (χ1n) is 5.17. The van der Waals surface area contributed by atoms with Crippen LogP contribution in [0.5, 0.6) is 0 Å². The van der Waals surface area contributed by atoms with Gasteiger partial charge in [0.05, 0.1) is 0 Å². The molecule has 1 fully saturated rings. The first-order chi connectivity index (χ1) is 7.71. The summed E-state index contributed by atoms with van der Waals surface area (Å²) in [7, 11) is -9.66. The molecule has 2 atom stereocenters. The third kappa shape index (κ3) is 5.01. The SMILES string of the molecule is O=P(O)(O)C(CNC1CCCNC1)S(=O)(=O)O. The van der Waals surface area contributed by atoms with Crippen LogP contribution in [-0.4, -0.2) is 53.4 Å². The fourth-order valence-electron chi connectivity index (χ4n) is 1.69. The van der Waals surface area contributed by atoms with Gasteiger partial charge >= 0.3 is 7.60 Å². The van der Waals surface area contributed by atoms with Crippen molar-refractivity contribution in [3.05, 3.63) is 0 Å². The highest BCUT2D eigenvalue weighted by Crippen LogP contribution is 2.43.